The zero-order valence-electron chi connectivity index (χ0n) is 16.1. The fourth-order valence-electron chi connectivity index (χ4n) is 3.86. The Morgan fingerprint density at radius 1 is 1.21 bits per heavy atom. The van der Waals surface area contributed by atoms with Crippen molar-refractivity contribution in [2.75, 3.05) is 26.2 Å². The molecular formula is C20H26N4O5. The van der Waals surface area contributed by atoms with Gasteiger partial charge >= 0.3 is 0 Å². The van der Waals surface area contributed by atoms with Crippen LogP contribution in [0.4, 0.5) is 0 Å². The van der Waals surface area contributed by atoms with E-state index in [1.165, 1.54) is 4.90 Å². The SMILES string of the molecule is N=C(N)c1ccc(C(=O)N2CC(O)C[C@@H]2C(=O)N2CCC(OCC=O)CC2)cc1. The summed E-state index contributed by atoms with van der Waals surface area (Å²) < 4.78 is 5.41. The third-order valence-corrected chi connectivity index (χ3v) is 5.42. The number of nitrogen functional groups attached to an aromatic ring is 1. The summed E-state index contributed by atoms with van der Waals surface area (Å²) in [6, 6.07) is 5.60. The number of amides is 2. The number of hydrogen-bond acceptors (Lipinski definition) is 6. The number of likely N-dealkylation sites (tertiary alicyclic amines) is 2. The molecule has 0 bridgehead atoms. The molecule has 2 aliphatic heterocycles. The molecule has 2 atom stereocenters. The van der Waals surface area contributed by atoms with Gasteiger partial charge in [-0.3, -0.25) is 15.0 Å². The molecule has 2 amide bonds. The van der Waals surface area contributed by atoms with Crippen LogP contribution in [0, 0.1) is 5.41 Å². The van der Waals surface area contributed by atoms with Crippen molar-refractivity contribution in [3.8, 4) is 0 Å². The van der Waals surface area contributed by atoms with Gasteiger partial charge in [0.05, 0.1) is 12.2 Å². The minimum absolute atomic E-state index is 0.0454. The van der Waals surface area contributed by atoms with Crippen LogP contribution in [-0.4, -0.2) is 83.3 Å². The molecule has 2 fully saturated rings. The number of amidine groups is 1. The lowest BCUT2D eigenvalue weighted by Crippen LogP contribution is -2.50. The molecule has 0 saturated carbocycles. The maximum Gasteiger partial charge on any atom is 0.254 e. The number of nitrogens with one attached hydrogen (secondary N) is 1. The molecule has 2 saturated heterocycles. The predicted octanol–water partition coefficient (Wildman–Crippen LogP) is -0.247. The normalized spacial score (nSPS) is 22.5. The van der Waals surface area contributed by atoms with E-state index in [9.17, 15) is 19.5 Å². The van der Waals surface area contributed by atoms with Crippen molar-refractivity contribution in [2.45, 2.75) is 37.5 Å². The number of nitrogens with two attached hydrogens (primary N) is 1. The standard InChI is InChI=1S/C20H26N4O5/c21-18(22)13-1-3-14(4-2-13)19(27)24-12-15(26)11-17(24)20(28)23-7-5-16(6-8-23)29-10-9-25/h1-4,9,15-17,26H,5-8,10-12H2,(H3,21,22)/t15?,17-/m1/s1. The lowest BCUT2D eigenvalue weighted by Gasteiger charge is -2.35. The van der Waals surface area contributed by atoms with Gasteiger partial charge in [0.1, 0.15) is 24.8 Å². The maximum absolute atomic E-state index is 13.0. The topological polar surface area (TPSA) is 137 Å². The Morgan fingerprint density at radius 2 is 1.83 bits per heavy atom. The highest BCUT2D eigenvalue weighted by Crippen LogP contribution is 2.24. The van der Waals surface area contributed by atoms with Gasteiger partial charge < -0.3 is 30.2 Å². The van der Waals surface area contributed by atoms with Gasteiger partial charge in [0.25, 0.3) is 5.91 Å². The molecule has 1 unspecified atom stereocenters. The highest BCUT2D eigenvalue weighted by molar-refractivity contribution is 6.00. The van der Waals surface area contributed by atoms with Crippen molar-refractivity contribution < 1.29 is 24.2 Å². The number of carbonyl (C=O) groups is 3. The van der Waals surface area contributed by atoms with Crippen molar-refractivity contribution in [1.29, 1.82) is 5.41 Å². The van der Waals surface area contributed by atoms with Gasteiger partial charge in [-0.25, -0.2) is 0 Å². The van der Waals surface area contributed by atoms with Crippen LogP contribution in [0.15, 0.2) is 24.3 Å². The number of piperidine rings is 1. The quantitative estimate of drug-likeness (QED) is 0.341. The van der Waals surface area contributed by atoms with Crippen LogP contribution in [0.2, 0.25) is 0 Å². The van der Waals surface area contributed by atoms with Crippen molar-refractivity contribution in [2.24, 2.45) is 5.73 Å². The van der Waals surface area contributed by atoms with Gasteiger partial charge in [0, 0.05) is 37.2 Å². The Kier molecular flexibility index (Phi) is 6.60. The fraction of sp³-hybridized carbons (Fsp3) is 0.500. The molecule has 3 rings (SSSR count). The number of β-amino-alcohol motifs (C(OH)–C–C–N with tert-alkyl or cyclic N) is 1. The van der Waals surface area contributed by atoms with Gasteiger partial charge in [-0.05, 0) is 25.0 Å². The summed E-state index contributed by atoms with van der Waals surface area (Å²) in [6.45, 7) is 1.13. The van der Waals surface area contributed by atoms with Crippen LogP contribution in [0.5, 0.6) is 0 Å². The number of aliphatic hydroxyl groups is 1. The molecule has 156 valence electrons. The van der Waals surface area contributed by atoms with Crippen molar-refractivity contribution in [3.05, 3.63) is 35.4 Å². The Labute approximate surface area is 168 Å². The summed E-state index contributed by atoms with van der Waals surface area (Å²) >= 11 is 0. The van der Waals surface area contributed by atoms with Gasteiger partial charge in [-0.15, -0.1) is 0 Å². The molecule has 2 aliphatic rings. The second kappa shape index (κ2) is 9.15. The highest BCUT2D eigenvalue weighted by atomic mass is 16.5. The number of nitrogens with zero attached hydrogens (tertiary/aromatic N) is 2. The number of aliphatic hydroxyl groups excluding tert-OH is 1. The van der Waals surface area contributed by atoms with Gasteiger partial charge in [-0.1, -0.05) is 12.1 Å². The van der Waals surface area contributed by atoms with Crippen LogP contribution in [0.1, 0.15) is 35.2 Å². The third-order valence-electron chi connectivity index (χ3n) is 5.42. The van der Waals surface area contributed by atoms with Crippen molar-refractivity contribution in [1.82, 2.24) is 9.80 Å². The first-order valence-corrected chi connectivity index (χ1v) is 9.68. The second-order valence-electron chi connectivity index (χ2n) is 7.38. The summed E-state index contributed by atoms with van der Waals surface area (Å²) in [5, 5.41) is 17.5. The molecule has 0 aliphatic carbocycles. The van der Waals surface area contributed by atoms with E-state index in [0.717, 1.165) is 0 Å². The summed E-state index contributed by atoms with van der Waals surface area (Å²) in [7, 11) is 0. The monoisotopic (exact) mass is 402 g/mol. The molecule has 29 heavy (non-hydrogen) atoms. The molecule has 4 N–H and O–H groups in total. The zero-order chi connectivity index (χ0) is 21.0. The van der Waals surface area contributed by atoms with Crippen LogP contribution >= 0.6 is 0 Å². The van der Waals surface area contributed by atoms with E-state index in [1.54, 1.807) is 29.2 Å². The van der Waals surface area contributed by atoms with Crippen LogP contribution < -0.4 is 5.73 Å². The van der Waals surface area contributed by atoms with E-state index in [1.807, 2.05) is 0 Å². The average Bonchev–Trinajstić information content (AvgIpc) is 3.13. The van der Waals surface area contributed by atoms with E-state index in [-0.39, 0.29) is 43.3 Å². The van der Waals surface area contributed by atoms with Gasteiger partial charge in [-0.2, -0.15) is 0 Å². The second-order valence-corrected chi connectivity index (χ2v) is 7.38. The average molecular weight is 402 g/mol. The maximum atomic E-state index is 13.0. The number of hydrogen-bond donors (Lipinski definition) is 3. The van der Waals surface area contributed by atoms with E-state index >= 15 is 0 Å². The largest absolute Gasteiger partial charge is 0.391 e. The smallest absolute Gasteiger partial charge is 0.254 e. The van der Waals surface area contributed by atoms with E-state index in [4.69, 9.17) is 15.9 Å². The number of ether oxygens (including phenoxy) is 1. The number of rotatable bonds is 6. The van der Waals surface area contributed by atoms with E-state index in [0.29, 0.717) is 43.3 Å². The van der Waals surface area contributed by atoms with E-state index in [2.05, 4.69) is 0 Å². The summed E-state index contributed by atoms with van der Waals surface area (Å²) in [5.41, 5.74) is 6.33. The molecule has 2 heterocycles. The van der Waals surface area contributed by atoms with Crippen molar-refractivity contribution in [3.63, 3.8) is 0 Å². The number of benzene rings is 1. The van der Waals surface area contributed by atoms with Gasteiger partial charge in [0.2, 0.25) is 5.91 Å². The lowest BCUT2D eigenvalue weighted by molar-refractivity contribution is -0.138. The Hall–Kier alpha value is -2.78. The predicted molar refractivity (Wildman–Crippen MR) is 105 cm³/mol. The third kappa shape index (κ3) is 4.80. The molecule has 1 aromatic rings. The highest BCUT2D eigenvalue weighted by Gasteiger charge is 2.41. The minimum Gasteiger partial charge on any atom is -0.391 e. The Bertz CT molecular complexity index is 774. The summed E-state index contributed by atoms with van der Waals surface area (Å²) in [6.07, 6.45) is 1.39. The summed E-state index contributed by atoms with van der Waals surface area (Å²) in [5.74, 6) is -0.600. The molecule has 1 aromatic carbocycles. The van der Waals surface area contributed by atoms with Crippen LogP contribution in [-0.2, 0) is 14.3 Å². The number of aldehydes is 1. The van der Waals surface area contributed by atoms with Crippen LogP contribution in [0.25, 0.3) is 0 Å². The van der Waals surface area contributed by atoms with E-state index < -0.39 is 12.1 Å². The first-order valence-electron chi connectivity index (χ1n) is 9.68. The Morgan fingerprint density at radius 3 is 2.41 bits per heavy atom. The van der Waals surface area contributed by atoms with Crippen molar-refractivity contribution >= 4 is 23.9 Å². The van der Waals surface area contributed by atoms with Gasteiger partial charge in [0.15, 0.2) is 0 Å². The first kappa shape index (κ1) is 20.9. The fourth-order valence-corrected chi connectivity index (χ4v) is 3.86. The molecule has 0 spiro atoms. The molecule has 9 nitrogen and oxygen atoms in total. The number of carbonyl (C=O) groups excluding carboxylic acids is 3. The van der Waals surface area contributed by atoms with Crippen LogP contribution in [0.3, 0.4) is 0 Å². The Balaban J connectivity index is 1.66. The first-order chi connectivity index (χ1) is 13.9. The molecule has 0 radical (unpaired) electrons. The lowest BCUT2D eigenvalue weighted by atomic mass is 10.0. The zero-order valence-corrected chi connectivity index (χ0v) is 16.1. The molecule has 9 heteroatoms. The minimum atomic E-state index is -0.752. The molecule has 0 aromatic heterocycles. The summed E-state index contributed by atoms with van der Waals surface area (Å²) in [4.78, 5) is 39.5. The molecular weight excluding hydrogens is 376 g/mol.